The minimum absolute atomic E-state index is 0.158. The van der Waals surface area contributed by atoms with Crippen molar-refractivity contribution in [2.45, 2.75) is 70.5 Å². The first-order valence-electron chi connectivity index (χ1n) is 10.8. The Kier molecular flexibility index (Phi) is 5.43. The maximum absolute atomic E-state index is 13.3. The van der Waals surface area contributed by atoms with E-state index in [1.807, 2.05) is 26.0 Å². The smallest absolute Gasteiger partial charge is 0.332 e. The lowest BCUT2D eigenvalue weighted by molar-refractivity contribution is -0.123. The molecule has 2 aliphatic rings. The molecule has 0 unspecified atom stereocenters. The predicted molar refractivity (Wildman–Crippen MR) is 119 cm³/mol. The van der Waals surface area contributed by atoms with E-state index in [1.54, 1.807) is 49.2 Å². The fourth-order valence-electron chi connectivity index (χ4n) is 4.25. The number of urea groups is 1. The lowest BCUT2D eigenvalue weighted by atomic mass is 9.77. The van der Waals surface area contributed by atoms with Gasteiger partial charge in [-0.15, -0.1) is 0 Å². The Morgan fingerprint density at radius 1 is 1.12 bits per heavy atom. The number of hydrogen-bond acceptors (Lipinski definition) is 4. The molecule has 0 spiro atoms. The number of anilines is 2. The van der Waals surface area contributed by atoms with Gasteiger partial charge in [0.1, 0.15) is 11.4 Å². The van der Waals surface area contributed by atoms with Gasteiger partial charge in [0.15, 0.2) is 0 Å². The molecule has 0 radical (unpaired) electrons. The number of rotatable bonds is 6. The van der Waals surface area contributed by atoms with Gasteiger partial charge in [0.05, 0.1) is 5.69 Å². The molecule has 1 N–H and O–H groups in total. The van der Waals surface area contributed by atoms with Crippen LogP contribution in [0.5, 0.6) is 0 Å². The fraction of sp³-hybridized carbons (Fsp3) is 0.458. The summed E-state index contributed by atoms with van der Waals surface area (Å²) in [6.45, 7) is 7.75. The normalized spacial score (nSPS) is 20.1. The summed E-state index contributed by atoms with van der Waals surface area (Å²) in [5, 5.41) is 3.24. The highest BCUT2D eigenvalue weighted by Crippen LogP contribution is 2.48. The van der Waals surface area contributed by atoms with Crippen molar-refractivity contribution in [3.8, 4) is 0 Å². The van der Waals surface area contributed by atoms with Crippen molar-refractivity contribution < 1.29 is 18.4 Å². The highest BCUT2D eigenvalue weighted by atomic mass is 19.3. The van der Waals surface area contributed by atoms with Gasteiger partial charge in [-0.05, 0) is 69.0 Å². The summed E-state index contributed by atoms with van der Waals surface area (Å²) in [7, 11) is 0. The lowest BCUT2D eigenvalue weighted by Gasteiger charge is -2.35. The Morgan fingerprint density at radius 3 is 2.38 bits per heavy atom. The van der Waals surface area contributed by atoms with E-state index >= 15 is 0 Å². The summed E-state index contributed by atoms with van der Waals surface area (Å²) in [6, 6.07) is 10.3. The Hall–Kier alpha value is -3.03. The molecule has 1 aromatic carbocycles. The highest BCUT2D eigenvalue weighted by molar-refractivity contribution is 6.22. The Bertz CT molecular complexity index is 1030. The number of aromatic nitrogens is 1. The number of nitrogens with zero attached hydrogens (tertiary/aromatic N) is 3. The molecule has 3 amide bonds. The Balaban J connectivity index is 1.53. The second-order valence-electron chi connectivity index (χ2n) is 9.47. The first kappa shape index (κ1) is 22.2. The molecule has 1 aliphatic heterocycles. The van der Waals surface area contributed by atoms with E-state index in [9.17, 15) is 18.4 Å². The first-order valence-corrected chi connectivity index (χ1v) is 10.8. The van der Waals surface area contributed by atoms with Crippen LogP contribution in [0.2, 0.25) is 0 Å². The van der Waals surface area contributed by atoms with Crippen molar-refractivity contribution in [2.24, 2.45) is 0 Å². The second-order valence-corrected chi connectivity index (χ2v) is 9.47. The number of benzene rings is 1. The summed E-state index contributed by atoms with van der Waals surface area (Å²) in [5.41, 5.74) is 1.08. The molecule has 170 valence electrons. The predicted octanol–water partition coefficient (Wildman–Crippen LogP) is 5.16. The van der Waals surface area contributed by atoms with Crippen LogP contribution in [0, 0.1) is 0 Å². The summed E-state index contributed by atoms with van der Waals surface area (Å²) < 4.78 is 26.4. The van der Waals surface area contributed by atoms with Crippen LogP contribution in [-0.4, -0.2) is 39.3 Å². The lowest BCUT2D eigenvalue weighted by Crippen LogP contribution is -2.43. The van der Waals surface area contributed by atoms with Gasteiger partial charge in [-0.3, -0.25) is 4.79 Å². The van der Waals surface area contributed by atoms with Gasteiger partial charge in [-0.2, -0.15) is 0 Å². The topological polar surface area (TPSA) is 65.5 Å². The van der Waals surface area contributed by atoms with Crippen LogP contribution < -0.4 is 10.2 Å². The zero-order valence-corrected chi connectivity index (χ0v) is 18.7. The third-order valence-electron chi connectivity index (χ3n) is 6.14. The standard InChI is InChI=1S/C24H28F2N4O2/c1-15(2)28-20-11-16(9-10-27-20)14-29-22(32)30(21(31)23(29,3)4)19-7-5-17(6-8-19)18-12-24(25,26)13-18/h5-11,15,18H,12-14H2,1-4H3,(H,27,28). The zero-order chi connectivity index (χ0) is 23.3. The van der Waals surface area contributed by atoms with Gasteiger partial charge in [0, 0.05) is 31.6 Å². The van der Waals surface area contributed by atoms with Crippen LogP contribution in [0.15, 0.2) is 42.6 Å². The van der Waals surface area contributed by atoms with Crippen molar-refractivity contribution in [3.05, 3.63) is 53.7 Å². The van der Waals surface area contributed by atoms with Crippen molar-refractivity contribution in [3.63, 3.8) is 0 Å². The summed E-state index contributed by atoms with van der Waals surface area (Å²) in [6.07, 6.45) is 1.36. The molecular formula is C24H28F2N4O2. The number of pyridine rings is 1. The van der Waals surface area contributed by atoms with E-state index in [1.165, 1.54) is 4.90 Å². The van der Waals surface area contributed by atoms with Crippen LogP contribution in [0.4, 0.5) is 25.1 Å². The maximum Gasteiger partial charge on any atom is 0.332 e. The molecular weight excluding hydrogens is 414 g/mol. The van der Waals surface area contributed by atoms with E-state index < -0.39 is 17.5 Å². The number of halogens is 2. The molecule has 8 heteroatoms. The number of carbonyl (C=O) groups excluding carboxylic acids is 2. The summed E-state index contributed by atoms with van der Waals surface area (Å²) in [4.78, 5) is 33.4. The van der Waals surface area contributed by atoms with Crippen molar-refractivity contribution in [1.82, 2.24) is 9.88 Å². The molecule has 0 atom stereocenters. The van der Waals surface area contributed by atoms with Crippen LogP contribution in [0.3, 0.4) is 0 Å². The molecule has 0 bridgehead atoms. The average molecular weight is 443 g/mol. The molecule has 4 rings (SSSR count). The Morgan fingerprint density at radius 2 is 1.78 bits per heavy atom. The van der Waals surface area contributed by atoms with Gasteiger partial charge < -0.3 is 10.2 Å². The highest BCUT2D eigenvalue weighted by Gasteiger charge is 2.52. The van der Waals surface area contributed by atoms with Crippen molar-refractivity contribution >= 4 is 23.4 Å². The third kappa shape index (κ3) is 4.06. The van der Waals surface area contributed by atoms with Gasteiger partial charge in [0.2, 0.25) is 5.92 Å². The number of hydrogen-bond donors (Lipinski definition) is 1. The molecule has 1 aliphatic carbocycles. The fourth-order valence-corrected chi connectivity index (χ4v) is 4.25. The van der Waals surface area contributed by atoms with Crippen LogP contribution in [0.25, 0.3) is 0 Å². The summed E-state index contributed by atoms with van der Waals surface area (Å²) in [5.74, 6) is -2.38. The zero-order valence-electron chi connectivity index (χ0n) is 18.7. The van der Waals surface area contributed by atoms with Gasteiger partial charge in [-0.25, -0.2) is 23.5 Å². The number of alkyl halides is 2. The van der Waals surface area contributed by atoms with E-state index in [-0.39, 0.29) is 37.3 Å². The molecule has 1 saturated heterocycles. The van der Waals surface area contributed by atoms with Crippen LogP contribution in [0.1, 0.15) is 57.6 Å². The van der Waals surface area contributed by atoms with Crippen LogP contribution >= 0.6 is 0 Å². The SMILES string of the molecule is CC(C)Nc1cc(CN2C(=O)N(c3ccc(C4CC(F)(F)C4)cc3)C(=O)C2(C)C)ccn1. The number of carbonyl (C=O) groups is 2. The third-order valence-corrected chi connectivity index (χ3v) is 6.14. The van der Waals surface area contributed by atoms with Gasteiger partial charge in [-0.1, -0.05) is 12.1 Å². The molecule has 1 saturated carbocycles. The summed E-state index contributed by atoms with van der Waals surface area (Å²) >= 11 is 0. The second kappa shape index (κ2) is 7.83. The van der Waals surface area contributed by atoms with Crippen molar-refractivity contribution in [1.29, 1.82) is 0 Å². The minimum Gasteiger partial charge on any atom is -0.368 e. The van der Waals surface area contributed by atoms with Gasteiger partial charge in [0.25, 0.3) is 5.91 Å². The monoisotopic (exact) mass is 442 g/mol. The molecule has 2 heterocycles. The maximum atomic E-state index is 13.3. The molecule has 2 aromatic rings. The molecule has 32 heavy (non-hydrogen) atoms. The first-order chi connectivity index (χ1) is 15.0. The largest absolute Gasteiger partial charge is 0.368 e. The number of imide groups is 1. The average Bonchev–Trinajstić information content (AvgIpc) is 2.86. The minimum atomic E-state index is -2.59. The Labute approximate surface area is 186 Å². The molecule has 1 aromatic heterocycles. The van der Waals surface area contributed by atoms with Gasteiger partial charge >= 0.3 is 6.03 Å². The van der Waals surface area contributed by atoms with E-state index in [4.69, 9.17) is 0 Å². The van der Waals surface area contributed by atoms with Crippen molar-refractivity contribution in [2.75, 3.05) is 10.2 Å². The molecule has 2 fully saturated rings. The number of amides is 3. The van der Waals surface area contributed by atoms with Crippen LogP contribution in [-0.2, 0) is 11.3 Å². The van der Waals surface area contributed by atoms with E-state index in [2.05, 4.69) is 10.3 Å². The van der Waals surface area contributed by atoms with E-state index in [0.29, 0.717) is 11.5 Å². The quantitative estimate of drug-likeness (QED) is 0.628. The number of nitrogens with one attached hydrogen (secondary N) is 1. The van der Waals surface area contributed by atoms with E-state index in [0.717, 1.165) is 11.1 Å². The molecule has 6 nitrogen and oxygen atoms in total.